The van der Waals surface area contributed by atoms with E-state index in [-0.39, 0.29) is 109 Å². The van der Waals surface area contributed by atoms with Gasteiger partial charge >= 0.3 is 5.97 Å². The first-order valence-electron chi connectivity index (χ1n) is 46.4. The van der Waals surface area contributed by atoms with E-state index in [0.717, 1.165) is 30.3 Å². The number of aliphatic hydroxyl groups is 2. The van der Waals surface area contributed by atoms with Gasteiger partial charge < -0.3 is 133 Å². The summed E-state index contributed by atoms with van der Waals surface area (Å²) in [5, 5.41) is 80.7. The van der Waals surface area contributed by atoms with Crippen LogP contribution in [0, 0.1) is 11.3 Å². The number of carbonyl (C=O) groups is 18. The van der Waals surface area contributed by atoms with Gasteiger partial charge in [0.05, 0.1) is 25.2 Å². The molecule has 18 atom stereocenters. The quantitative estimate of drug-likeness (QED) is 0.00755. The summed E-state index contributed by atoms with van der Waals surface area (Å²) in [6.07, 6.45) is 1.01. The van der Waals surface area contributed by atoms with Crippen molar-refractivity contribution in [1.82, 2.24) is 95.0 Å². The maximum atomic E-state index is 15.4. The number of aliphatic hydroxyl groups excluding tert-OH is 2. The van der Waals surface area contributed by atoms with Crippen molar-refractivity contribution in [2.45, 2.75) is 240 Å². The Bertz CT molecular complexity index is 5210. The number of guanidine groups is 1. The van der Waals surface area contributed by atoms with Gasteiger partial charge in [-0.25, -0.2) is 0 Å². The van der Waals surface area contributed by atoms with Gasteiger partial charge in [0.1, 0.15) is 90.6 Å². The lowest BCUT2D eigenvalue weighted by molar-refractivity contribution is -0.148. The fraction of sp³-hybridized carbons (Fsp3) is 0.489. The monoisotopic (exact) mass is 2000 g/mol. The average Bonchev–Trinajstić information content (AvgIpc) is 1.80. The number of aromatic nitrogens is 1. The summed E-state index contributed by atoms with van der Waals surface area (Å²) in [6.45, 7) is 5.94. The Morgan fingerprint density at radius 2 is 0.922 bits per heavy atom. The molecule has 3 heterocycles. The summed E-state index contributed by atoms with van der Waals surface area (Å²) in [5.41, 5.74) is 26.5. The molecule has 2 aliphatic heterocycles. The summed E-state index contributed by atoms with van der Waals surface area (Å²) in [6, 6.07) is 9.78. The number of likely N-dealkylation sites (tertiary alicyclic amines) is 1. The molecule has 45 nitrogen and oxygen atoms in total. The van der Waals surface area contributed by atoms with Gasteiger partial charge in [-0.15, -0.1) is 0 Å². The summed E-state index contributed by atoms with van der Waals surface area (Å²) in [5.74, 6) is -19.3. The van der Waals surface area contributed by atoms with Crippen LogP contribution in [0.5, 0.6) is 0 Å². The fourth-order valence-corrected chi connectivity index (χ4v) is 16.2. The largest absolute Gasteiger partial charge is 0.480 e. The molecule has 1 saturated heterocycles. The number of hydrogen-bond acceptors (Lipinski definition) is 26. The summed E-state index contributed by atoms with van der Waals surface area (Å²) >= 11 is 8.53. The molecule has 2 aliphatic rings. The number of para-hydroxylation sites is 1. The van der Waals surface area contributed by atoms with Gasteiger partial charge in [0.2, 0.25) is 100 Å². The van der Waals surface area contributed by atoms with Crippen LogP contribution < -0.4 is 108 Å². The van der Waals surface area contributed by atoms with E-state index in [1.165, 1.54) is 24.9 Å². The van der Waals surface area contributed by atoms with Crippen LogP contribution in [0.25, 0.3) is 10.9 Å². The normalized spacial score (nSPS) is 16.7. The number of thiol groups is 2. The number of nitrogens with zero attached hydrogens (tertiary/aromatic N) is 2. The standard InChI is InChI=1S/C94H132N24O21S2/c1-51-38-71(113-85(130)69(105-55(5)121)43-60-46-102-62-29-16-15-28-61(60)62)92(137)118(48-51)74(32-18-20-35-96)89(134)112-67(41-58-26-13-8-14-27-58)84(129)110-66(40-57-24-11-7-12-25-57)83(128)111-68(42-59-33-37-100-45-59)82(127)107-64(31-21-36-101-94(98)99)80(125)117-78(54(4)120)91(136)115-72(49-140)87(132)108-63(30-17-19-34-95)79(124)114-73(50-141)88(133)116-77(53(3)119)90(135)103-47-76(123)106-70(44-75(97)122)86(131)109-65(39-56-22-9-6-10-23-56)81(126)104-52(2)93(138)139/h6-16,22-29,37,45-46,51-54,63-74,77-78,102,119-120,140-141H,17-21,30-36,38-44,47-50,95-96H2,1-5H3,(H2,97,122)(H,103,135)(H,104,126)(H,105,121)(H,106,123)(H,107,127)(H,108,132)(H,109,131)(H,110,129)(H,111,128)(H,112,134)(H,113,130)(H,114,124)(H,115,136)(H,116,133)(H,117,125)(H,138,139)(H4,98,99,101)/t51?,52-,53+,54+,63-,64-,65-,66-,67-,68-,69-,70-,71-,72-,73-,74-,77-,78-/m1/s1. The Kier molecular flexibility index (Phi) is 47.1. The van der Waals surface area contributed by atoms with E-state index < -0.39 is 240 Å². The second-order valence-corrected chi connectivity index (χ2v) is 35.5. The van der Waals surface area contributed by atoms with Crippen molar-refractivity contribution in [2.24, 2.45) is 33.8 Å². The lowest BCUT2D eigenvalue weighted by atomic mass is 9.91. The van der Waals surface area contributed by atoms with Crippen molar-refractivity contribution >= 4 is 155 Å². The van der Waals surface area contributed by atoms with E-state index in [4.69, 9.17) is 28.3 Å². The molecule has 7 rings (SSSR count). The molecule has 1 fully saturated rings. The van der Waals surface area contributed by atoms with E-state index in [9.17, 15) is 82.4 Å². The molecule has 0 bridgehead atoms. The molecule has 0 aliphatic carbocycles. The molecule has 0 spiro atoms. The maximum absolute atomic E-state index is 15.4. The van der Waals surface area contributed by atoms with Crippen molar-refractivity contribution < 1.29 is 102 Å². The molecule has 17 amide bonds. The molecule has 4 aromatic carbocycles. The number of amides is 17. The summed E-state index contributed by atoms with van der Waals surface area (Å²) in [7, 11) is 0. The van der Waals surface area contributed by atoms with Crippen LogP contribution in [-0.4, -0.2) is 291 Å². The van der Waals surface area contributed by atoms with Crippen LogP contribution in [0.1, 0.15) is 134 Å². The van der Waals surface area contributed by atoms with E-state index >= 15 is 19.2 Å². The highest BCUT2D eigenvalue weighted by Gasteiger charge is 2.44. The van der Waals surface area contributed by atoms with Crippen LogP contribution in [-0.2, 0) is 112 Å². The number of unbranched alkanes of at least 4 members (excludes halogenated alkanes) is 2. The molecule has 766 valence electrons. The van der Waals surface area contributed by atoms with Gasteiger partial charge in [-0.1, -0.05) is 116 Å². The van der Waals surface area contributed by atoms with Crippen LogP contribution in [0.15, 0.2) is 138 Å². The number of nitrogens with two attached hydrogens (primary N) is 4. The van der Waals surface area contributed by atoms with Gasteiger partial charge in [0.25, 0.3) is 0 Å². The third kappa shape index (κ3) is 37.7. The highest BCUT2D eigenvalue weighted by molar-refractivity contribution is 7.80. The zero-order valence-corrected chi connectivity index (χ0v) is 80.9. The number of carbonyl (C=O) groups excluding carboxylic acids is 17. The van der Waals surface area contributed by atoms with Crippen LogP contribution in [0.4, 0.5) is 0 Å². The van der Waals surface area contributed by atoms with Gasteiger partial charge in [0.15, 0.2) is 5.96 Å². The number of rotatable bonds is 59. The Morgan fingerprint density at radius 1 is 0.489 bits per heavy atom. The van der Waals surface area contributed by atoms with E-state index in [0.29, 0.717) is 41.5 Å². The highest BCUT2D eigenvalue weighted by atomic mass is 32.1. The molecule has 0 saturated carbocycles. The predicted octanol–water partition coefficient (Wildman–Crippen LogP) is -4.53. The third-order valence-electron chi connectivity index (χ3n) is 23.2. The number of carboxylic acids is 1. The van der Waals surface area contributed by atoms with Gasteiger partial charge in [-0.3, -0.25) is 96.7 Å². The number of aliphatic carboxylic acids is 1. The highest BCUT2D eigenvalue weighted by Crippen LogP contribution is 2.26. The molecule has 1 aromatic heterocycles. The van der Waals surface area contributed by atoms with Gasteiger partial charge in [-0.05, 0) is 138 Å². The number of H-pyrrole nitrogens is 1. The number of fused-ring (bicyclic) bond motifs is 1. The number of hydrogen-bond donors (Lipinski definition) is 27. The zero-order valence-electron chi connectivity index (χ0n) is 79.1. The van der Waals surface area contributed by atoms with E-state index in [2.05, 4.69) is 120 Å². The van der Waals surface area contributed by atoms with Crippen LogP contribution in [0.3, 0.4) is 0 Å². The van der Waals surface area contributed by atoms with Gasteiger partial charge in [-0.2, -0.15) is 25.3 Å². The molecule has 0 radical (unpaired) electrons. The number of nitrogens with one attached hydrogen (secondary N) is 18. The van der Waals surface area contributed by atoms with Crippen LogP contribution in [0.2, 0.25) is 0 Å². The minimum atomic E-state index is -1.94. The number of primary amides is 1. The third-order valence-corrected chi connectivity index (χ3v) is 23.9. The molecule has 47 heteroatoms. The first-order chi connectivity index (χ1) is 67.2. The van der Waals surface area contributed by atoms with E-state index in [1.54, 1.807) is 103 Å². The number of aromatic amines is 1. The Labute approximate surface area is 826 Å². The second kappa shape index (κ2) is 58.2. The Balaban J connectivity index is 1.05. The smallest absolute Gasteiger partial charge is 0.325 e. The van der Waals surface area contributed by atoms with Crippen molar-refractivity contribution in [3.8, 4) is 0 Å². The fourth-order valence-electron chi connectivity index (χ4n) is 15.7. The Hall–Kier alpha value is -13.9. The number of aliphatic imine (C=N–C) groups is 1. The summed E-state index contributed by atoms with van der Waals surface area (Å²) in [4.78, 5) is 262. The topological polar surface area (TPSA) is 720 Å². The van der Waals surface area contributed by atoms with Crippen molar-refractivity contribution in [1.29, 1.82) is 5.41 Å². The molecule has 29 N–H and O–H groups in total. The van der Waals surface area contributed by atoms with Crippen molar-refractivity contribution in [2.75, 3.05) is 44.2 Å². The first kappa shape index (κ1) is 114. The van der Waals surface area contributed by atoms with Crippen LogP contribution >= 0.6 is 25.3 Å². The molecule has 5 aromatic rings. The second-order valence-electron chi connectivity index (χ2n) is 34.8. The predicted molar refractivity (Wildman–Crippen MR) is 526 cm³/mol. The summed E-state index contributed by atoms with van der Waals surface area (Å²) < 4.78 is 0. The maximum Gasteiger partial charge on any atom is 0.325 e. The number of carboxylic acid groups (broad SMARTS) is 1. The lowest BCUT2D eigenvalue weighted by Gasteiger charge is -2.41. The molecular formula is C94H132N24O21S2. The van der Waals surface area contributed by atoms with E-state index in [1.807, 2.05) is 31.2 Å². The molecule has 1 unspecified atom stereocenters. The molecule has 141 heavy (non-hydrogen) atoms. The van der Waals surface area contributed by atoms with Crippen molar-refractivity contribution in [3.63, 3.8) is 0 Å². The average molecular weight is 2000 g/mol. The zero-order chi connectivity index (χ0) is 104. The number of benzene rings is 4. The minimum absolute atomic E-state index is 0.0106. The Morgan fingerprint density at radius 3 is 1.41 bits per heavy atom. The SMILES string of the molecule is CC(=O)N[C@H](Cc1c[nH]c2ccccc12)C(=O)N[C@@H]1CC(C)CN([C@H](CCCCN)C(=O)N[C@H](Cc2ccccc2)C(=O)N[C@H](Cc2ccccc2)C(=O)N[C@H](CC2=CN=CC2)C(=O)N[C@H](CCCNC(=N)N)C(=O)N[C@@H](C(=O)N[C@H](CS)C(=O)N[C@H](CCCCN)C(=O)N[C@H](CS)C(=O)N[C@@H](C(=O)NCC(=O)N[C@H](CC(N)=O)C(=O)N[C@H](Cc2ccccc2)C(=O)N[C@H](C)C(=O)O)[C@H](C)O)[C@H](C)O)C1=O. The van der Waals surface area contributed by atoms with Crippen molar-refractivity contribution in [3.05, 3.63) is 155 Å². The van der Waals surface area contributed by atoms with Gasteiger partial charge in [0, 0.05) is 93.1 Å². The minimum Gasteiger partial charge on any atom is -0.480 e. The first-order valence-corrected chi connectivity index (χ1v) is 47.7. The molecular weight excluding hydrogens is 1870 g/mol. The number of piperidine rings is 1. The lowest BCUT2D eigenvalue weighted by Crippen LogP contribution is -2.63.